The van der Waals surface area contributed by atoms with E-state index < -0.39 is 5.60 Å². The fraction of sp³-hybridized carbons (Fsp3) is 0.708. The van der Waals surface area contributed by atoms with Crippen molar-refractivity contribution in [2.75, 3.05) is 38.2 Å². The van der Waals surface area contributed by atoms with Crippen molar-refractivity contribution in [3.63, 3.8) is 0 Å². The standard InChI is InChI=1S/C24H40N2O3/c1-4-6-8-16-24(3,29-5-2)23(27)25-21-12-14-22(15-13-21)28-20-11-19-26-17-9-7-10-18-26/h12-15H,4-11,16-20H2,1-3H3,(H,25,27)/t24-/m0/s1. The number of carbonyl (C=O) groups excluding carboxylic acids is 1. The molecule has 0 aliphatic carbocycles. The van der Waals surface area contributed by atoms with E-state index in [4.69, 9.17) is 9.47 Å². The molecule has 1 aromatic rings. The predicted octanol–water partition coefficient (Wildman–Crippen LogP) is 5.26. The molecule has 164 valence electrons. The van der Waals surface area contributed by atoms with Gasteiger partial charge in [-0.05, 0) is 76.9 Å². The summed E-state index contributed by atoms with van der Waals surface area (Å²) in [4.78, 5) is 15.3. The molecule has 1 aromatic carbocycles. The molecule has 5 heteroatoms. The Bertz CT molecular complexity index is 584. The Kier molecular flexibility index (Phi) is 10.5. The fourth-order valence-corrected chi connectivity index (χ4v) is 3.84. The number of piperidine rings is 1. The minimum Gasteiger partial charge on any atom is -0.494 e. The SMILES string of the molecule is CCCCC[C@](C)(OCC)C(=O)Nc1ccc(OCCCN2CCCCC2)cc1. The van der Waals surface area contributed by atoms with E-state index in [0.29, 0.717) is 6.61 Å². The third kappa shape index (κ3) is 8.35. The molecule has 1 heterocycles. The van der Waals surface area contributed by atoms with Gasteiger partial charge in [-0.25, -0.2) is 0 Å². The largest absolute Gasteiger partial charge is 0.494 e. The molecule has 0 unspecified atom stereocenters. The number of rotatable bonds is 13. The van der Waals surface area contributed by atoms with Crippen LogP contribution in [0.5, 0.6) is 5.75 Å². The van der Waals surface area contributed by atoms with Crippen molar-refractivity contribution in [2.45, 2.75) is 77.7 Å². The first-order valence-corrected chi connectivity index (χ1v) is 11.5. The van der Waals surface area contributed by atoms with Gasteiger partial charge in [0.1, 0.15) is 11.4 Å². The molecule has 1 aliphatic heterocycles. The molecule has 1 aliphatic rings. The van der Waals surface area contributed by atoms with Crippen molar-refractivity contribution in [1.82, 2.24) is 4.90 Å². The van der Waals surface area contributed by atoms with Gasteiger partial charge in [0.15, 0.2) is 0 Å². The molecule has 0 saturated carbocycles. The van der Waals surface area contributed by atoms with Crippen LogP contribution in [0.25, 0.3) is 0 Å². The lowest BCUT2D eigenvalue weighted by atomic mass is 9.96. The van der Waals surface area contributed by atoms with E-state index in [-0.39, 0.29) is 5.91 Å². The Morgan fingerprint density at radius 3 is 2.45 bits per heavy atom. The number of anilines is 1. The van der Waals surface area contributed by atoms with Crippen molar-refractivity contribution in [1.29, 1.82) is 0 Å². The quantitative estimate of drug-likeness (QED) is 0.456. The van der Waals surface area contributed by atoms with E-state index in [1.807, 2.05) is 38.1 Å². The number of unbranched alkanes of at least 4 members (excludes halogenated alkanes) is 2. The molecule has 5 nitrogen and oxygen atoms in total. The van der Waals surface area contributed by atoms with E-state index in [9.17, 15) is 4.79 Å². The lowest BCUT2D eigenvalue weighted by molar-refractivity contribution is -0.139. The van der Waals surface area contributed by atoms with Crippen LogP contribution in [0, 0.1) is 0 Å². The molecule has 0 radical (unpaired) electrons. The second-order valence-corrected chi connectivity index (χ2v) is 8.20. The lowest BCUT2D eigenvalue weighted by Crippen LogP contribution is -2.42. The molecule has 0 spiro atoms. The Morgan fingerprint density at radius 1 is 1.07 bits per heavy atom. The van der Waals surface area contributed by atoms with Gasteiger partial charge in [-0.15, -0.1) is 0 Å². The zero-order valence-electron chi connectivity index (χ0n) is 18.7. The molecule has 0 aromatic heterocycles. The lowest BCUT2D eigenvalue weighted by Gasteiger charge is -2.28. The number of benzene rings is 1. The van der Waals surface area contributed by atoms with Crippen LogP contribution in [0.3, 0.4) is 0 Å². The highest BCUT2D eigenvalue weighted by atomic mass is 16.5. The van der Waals surface area contributed by atoms with Gasteiger partial charge in [-0.2, -0.15) is 0 Å². The number of likely N-dealkylation sites (tertiary alicyclic amines) is 1. The fourth-order valence-electron chi connectivity index (χ4n) is 3.84. The molecular weight excluding hydrogens is 364 g/mol. The number of amides is 1. The number of hydrogen-bond acceptors (Lipinski definition) is 4. The van der Waals surface area contributed by atoms with Crippen molar-refractivity contribution in [3.05, 3.63) is 24.3 Å². The van der Waals surface area contributed by atoms with Crippen LogP contribution in [0.4, 0.5) is 5.69 Å². The number of nitrogens with zero attached hydrogens (tertiary/aromatic N) is 1. The molecule has 2 rings (SSSR count). The van der Waals surface area contributed by atoms with Crippen LogP contribution in [0.15, 0.2) is 24.3 Å². The molecule has 1 atom stereocenters. The third-order valence-corrected chi connectivity index (χ3v) is 5.65. The second-order valence-electron chi connectivity index (χ2n) is 8.20. The van der Waals surface area contributed by atoms with E-state index in [1.165, 1.54) is 32.4 Å². The maximum atomic E-state index is 12.8. The smallest absolute Gasteiger partial charge is 0.256 e. The Labute approximate surface area is 177 Å². The summed E-state index contributed by atoms with van der Waals surface area (Å²) in [6, 6.07) is 7.64. The first-order chi connectivity index (χ1) is 14.1. The summed E-state index contributed by atoms with van der Waals surface area (Å²) in [5, 5.41) is 3.01. The van der Waals surface area contributed by atoms with Crippen LogP contribution in [-0.2, 0) is 9.53 Å². The normalized spacial score (nSPS) is 16.9. The van der Waals surface area contributed by atoms with Gasteiger partial charge in [-0.1, -0.05) is 32.6 Å². The monoisotopic (exact) mass is 404 g/mol. The minimum atomic E-state index is -0.784. The number of hydrogen-bond donors (Lipinski definition) is 1. The van der Waals surface area contributed by atoms with Crippen molar-refractivity contribution in [2.24, 2.45) is 0 Å². The Hall–Kier alpha value is -1.59. The van der Waals surface area contributed by atoms with Crippen molar-refractivity contribution >= 4 is 11.6 Å². The predicted molar refractivity (Wildman–Crippen MR) is 120 cm³/mol. The third-order valence-electron chi connectivity index (χ3n) is 5.65. The Morgan fingerprint density at radius 2 is 1.79 bits per heavy atom. The molecule has 1 amide bonds. The first kappa shape index (κ1) is 23.7. The minimum absolute atomic E-state index is 0.0781. The summed E-state index contributed by atoms with van der Waals surface area (Å²) in [5.74, 6) is 0.766. The Balaban J connectivity index is 1.76. The van der Waals surface area contributed by atoms with Gasteiger partial charge in [0.25, 0.3) is 5.91 Å². The molecule has 1 N–H and O–H groups in total. The van der Waals surface area contributed by atoms with Crippen molar-refractivity contribution < 1.29 is 14.3 Å². The summed E-state index contributed by atoms with van der Waals surface area (Å²) in [6.45, 7) is 10.8. The molecule has 29 heavy (non-hydrogen) atoms. The maximum Gasteiger partial charge on any atom is 0.256 e. The maximum absolute atomic E-state index is 12.8. The highest BCUT2D eigenvalue weighted by Gasteiger charge is 2.33. The van der Waals surface area contributed by atoms with E-state index >= 15 is 0 Å². The van der Waals surface area contributed by atoms with Gasteiger partial charge in [0.2, 0.25) is 0 Å². The zero-order chi connectivity index (χ0) is 21.0. The second kappa shape index (κ2) is 12.9. The van der Waals surface area contributed by atoms with Gasteiger partial charge in [0, 0.05) is 18.8 Å². The number of ether oxygens (including phenoxy) is 2. The topological polar surface area (TPSA) is 50.8 Å². The van der Waals surface area contributed by atoms with Crippen molar-refractivity contribution in [3.8, 4) is 5.75 Å². The summed E-state index contributed by atoms with van der Waals surface area (Å²) in [5.41, 5.74) is -0.00910. The van der Waals surface area contributed by atoms with E-state index in [1.54, 1.807) is 0 Å². The molecule has 1 fully saturated rings. The van der Waals surface area contributed by atoms with Gasteiger partial charge < -0.3 is 19.7 Å². The van der Waals surface area contributed by atoms with Crippen LogP contribution in [0.2, 0.25) is 0 Å². The molecular formula is C24H40N2O3. The number of nitrogens with one attached hydrogen (secondary N) is 1. The molecule has 0 bridgehead atoms. The average Bonchev–Trinajstić information content (AvgIpc) is 2.73. The van der Waals surface area contributed by atoms with E-state index in [0.717, 1.165) is 56.7 Å². The zero-order valence-corrected chi connectivity index (χ0v) is 18.7. The highest BCUT2D eigenvalue weighted by molar-refractivity contribution is 5.97. The van der Waals surface area contributed by atoms with Gasteiger partial charge in [-0.3, -0.25) is 4.79 Å². The van der Waals surface area contributed by atoms with Crippen LogP contribution >= 0.6 is 0 Å². The summed E-state index contributed by atoms with van der Waals surface area (Å²) in [6.07, 6.45) is 9.04. The summed E-state index contributed by atoms with van der Waals surface area (Å²) >= 11 is 0. The molecule has 1 saturated heterocycles. The summed E-state index contributed by atoms with van der Waals surface area (Å²) in [7, 11) is 0. The number of carbonyl (C=O) groups is 1. The van der Waals surface area contributed by atoms with Crippen LogP contribution in [-0.4, -0.2) is 49.3 Å². The van der Waals surface area contributed by atoms with Gasteiger partial charge in [0.05, 0.1) is 6.61 Å². The van der Waals surface area contributed by atoms with Crippen LogP contribution < -0.4 is 10.1 Å². The first-order valence-electron chi connectivity index (χ1n) is 11.5. The average molecular weight is 405 g/mol. The van der Waals surface area contributed by atoms with E-state index in [2.05, 4.69) is 17.1 Å². The van der Waals surface area contributed by atoms with Gasteiger partial charge >= 0.3 is 0 Å². The van der Waals surface area contributed by atoms with Crippen LogP contribution in [0.1, 0.15) is 72.1 Å². The summed E-state index contributed by atoms with van der Waals surface area (Å²) < 4.78 is 11.7. The highest BCUT2D eigenvalue weighted by Crippen LogP contribution is 2.23.